The molecule has 0 spiro atoms. The maximum Gasteiger partial charge on any atom is 0.345 e. The molecular weight excluding hydrogens is 354 g/mol. The Morgan fingerprint density at radius 3 is 2.37 bits per heavy atom. The van der Waals surface area contributed by atoms with E-state index in [4.69, 9.17) is 5.11 Å². The molecule has 0 atom stereocenters. The smallest absolute Gasteiger partial charge is 0.345 e. The second-order valence-electron chi connectivity index (χ2n) is 4.05. The number of hydrogen-bond donors (Lipinski definition) is 1. The molecule has 1 aromatic heterocycles. The topological polar surface area (TPSA) is 74.7 Å². The molecule has 0 aliphatic carbocycles. The SMILES string of the molecule is CCC(CC)N(C)S(=O)(=O)c1cc(C(=O)O)sc1Br. The van der Waals surface area contributed by atoms with Crippen LogP contribution < -0.4 is 0 Å². The van der Waals surface area contributed by atoms with Gasteiger partial charge in [-0.1, -0.05) is 13.8 Å². The monoisotopic (exact) mass is 369 g/mol. The molecule has 1 N–H and O–H groups in total. The van der Waals surface area contributed by atoms with Crippen LogP contribution in [0.5, 0.6) is 0 Å². The van der Waals surface area contributed by atoms with Crippen LogP contribution in [0, 0.1) is 0 Å². The number of carboxylic acid groups (broad SMARTS) is 1. The van der Waals surface area contributed by atoms with Gasteiger partial charge in [0.2, 0.25) is 10.0 Å². The van der Waals surface area contributed by atoms with E-state index in [0.717, 1.165) is 11.3 Å². The molecule has 0 radical (unpaired) electrons. The Balaban J connectivity index is 3.23. The summed E-state index contributed by atoms with van der Waals surface area (Å²) in [6, 6.07) is 1.11. The summed E-state index contributed by atoms with van der Waals surface area (Å²) in [7, 11) is -2.15. The molecule has 0 aliphatic rings. The summed E-state index contributed by atoms with van der Waals surface area (Å²) >= 11 is 4.04. The van der Waals surface area contributed by atoms with Gasteiger partial charge in [-0.25, -0.2) is 13.2 Å². The number of carboxylic acids is 1. The van der Waals surface area contributed by atoms with Gasteiger partial charge >= 0.3 is 5.97 Å². The summed E-state index contributed by atoms with van der Waals surface area (Å²) in [6.45, 7) is 3.84. The first-order valence-corrected chi connectivity index (χ1v) is 8.81. The van der Waals surface area contributed by atoms with Gasteiger partial charge < -0.3 is 5.11 Å². The molecule has 1 rings (SSSR count). The Morgan fingerprint density at radius 1 is 1.47 bits per heavy atom. The lowest BCUT2D eigenvalue weighted by atomic mass is 10.2. The van der Waals surface area contributed by atoms with E-state index in [1.165, 1.54) is 17.4 Å². The van der Waals surface area contributed by atoms with Crippen molar-refractivity contribution in [1.29, 1.82) is 0 Å². The van der Waals surface area contributed by atoms with Crippen molar-refractivity contribution in [3.8, 4) is 0 Å². The normalized spacial score (nSPS) is 12.3. The van der Waals surface area contributed by atoms with E-state index in [1.54, 1.807) is 0 Å². The summed E-state index contributed by atoms with van der Waals surface area (Å²) in [5.41, 5.74) is 0. The van der Waals surface area contributed by atoms with Crippen LogP contribution in [0.2, 0.25) is 0 Å². The average molecular weight is 370 g/mol. The number of aromatic carboxylic acids is 1. The van der Waals surface area contributed by atoms with Crippen molar-refractivity contribution in [2.45, 2.75) is 37.6 Å². The molecule has 0 aromatic carbocycles. The molecule has 0 saturated carbocycles. The van der Waals surface area contributed by atoms with Crippen LogP contribution in [-0.2, 0) is 10.0 Å². The van der Waals surface area contributed by atoms with Gasteiger partial charge in [0.1, 0.15) is 9.77 Å². The first-order chi connectivity index (χ1) is 8.75. The van der Waals surface area contributed by atoms with Crippen molar-refractivity contribution in [2.75, 3.05) is 7.05 Å². The number of rotatable bonds is 6. The lowest BCUT2D eigenvalue weighted by Gasteiger charge is -2.25. The van der Waals surface area contributed by atoms with E-state index in [-0.39, 0.29) is 15.8 Å². The van der Waals surface area contributed by atoms with Crippen molar-refractivity contribution in [3.63, 3.8) is 0 Å². The van der Waals surface area contributed by atoms with Crippen LogP contribution in [0.1, 0.15) is 36.4 Å². The largest absolute Gasteiger partial charge is 0.477 e. The van der Waals surface area contributed by atoms with Gasteiger partial charge in [-0.2, -0.15) is 4.31 Å². The fourth-order valence-electron chi connectivity index (χ4n) is 1.79. The number of carbonyl (C=O) groups is 1. The highest BCUT2D eigenvalue weighted by Crippen LogP contribution is 2.34. The van der Waals surface area contributed by atoms with Crippen molar-refractivity contribution in [2.24, 2.45) is 0 Å². The molecule has 0 bridgehead atoms. The highest BCUT2D eigenvalue weighted by molar-refractivity contribution is 9.11. The lowest BCUT2D eigenvalue weighted by molar-refractivity contribution is 0.0702. The maximum atomic E-state index is 12.5. The molecular formula is C11H16BrNO4S2. The van der Waals surface area contributed by atoms with Crippen molar-refractivity contribution < 1.29 is 18.3 Å². The van der Waals surface area contributed by atoms with E-state index in [0.29, 0.717) is 16.6 Å². The van der Waals surface area contributed by atoms with Gasteiger partial charge in [0, 0.05) is 13.1 Å². The predicted molar refractivity (Wildman–Crippen MR) is 78.3 cm³/mol. The zero-order valence-electron chi connectivity index (χ0n) is 10.9. The van der Waals surface area contributed by atoms with Gasteiger partial charge in [0.05, 0.1) is 3.79 Å². The summed E-state index contributed by atoms with van der Waals surface area (Å²) in [4.78, 5) is 10.9. The third kappa shape index (κ3) is 3.36. The Bertz CT molecular complexity index is 563. The molecule has 0 saturated heterocycles. The van der Waals surface area contributed by atoms with E-state index >= 15 is 0 Å². The Hall–Kier alpha value is -0.440. The molecule has 19 heavy (non-hydrogen) atoms. The minimum absolute atomic E-state index is 0.00315. The minimum atomic E-state index is -3.67. The van der Waals surface area contributed by atoms with Gasteiger partial charge in [-0.05, 0) is 34.8 Å². The van der Waals surface area contributed by atoms with Gasteiger partial charge in [0.25, 0.3) is 0 Å². The molecule has 1 aromatic rings. The van der Waals surface area contributed by atoms with E-state index in [2.05, 4.69) is 15.9 Å². The second kappa shape index (κ2) is 6.34. The molecule has 0 aliphatic heterocycles. The number of hydrogen-bond acceptors (Lipinski definition) is 4. The fourth-order valence-corrected chi connectivity index (χ4v) is 5.64. The average Bonchev–Trinajstić information content (AvgIpc) is 2.73. The predicted octanol–water partition coefficient (Wildman–Crippen LogP) is 3.02. The summed E-state index contributed by atoms with van der Waals surface area (Å²) in [6.07, 6.45) is 1.42. The van der Waals surface area contributed by atoms with E-state index in [9.17, 15) is 13.2 Å². The Morgan fingerprint density at radius 2 is 2.00 bits per heavy atom. The van der Waals surface area contributed by atoms with Crippen LogP contribution in [0.15, 0.2) is 14.7 Å². The third-order valence-electron chi connectivity index (χ3n) is 2.98. The highest BCUT2D eigenvalue weighted by Gasteiger charge is 2.30. The zero-order chi connectivity index (χ0) is 14.8. The first kappa shape index (κ1) is 16.6. The maximum absolute atomic E-state index is 12.5. The van der Waals surface area contributed by atoms with Crippen LogP contribution in [0.25, 0.3) is 0 Å². The zero-order valence-corrected chi connectivity index (χ0v) is 14.1. The number of nitrogens with zero attached hydrogens (tertiary/aromatic N) is 1. The Labute approximate surface area is 125 Å². The number of thiophene rings is 1. The molecule has 8 heteroatoms. The highest BCUT2D eigenvalue weighted by atomic mass is 79.9. The van der Waals surface area contributed by atoms with E-state index in [1.807, 2.05) is 13.8 Å². The van der Waals surface area contributed by atoms with Crippen molar-refractivity contribution >= 4 is 43.3 Å². The minimum Gasteiger partial charge on any atom is -0.477 e. The fraction of sp³-hybridized carbons (Fsp3) is 0.545. The van der Waals surface area contributed by atoms with Crippen LogP contribution in [0.4, 0.5) is 0 Å². The molecule has 108 valence electrons. The molecule has 0 fully saturated rings. The number of sulfonamides is 1. The molecule has 1 heterocycles. The van der Waals surface area contributed by atoms with Gasteiger partial charge in [0.15, 0.2) is 0 Å². The van der Waals surface area contributed by atoms with Gasteiger partial charge in [-0.15, -0.1) is 11.3 Å². The standard InChI is InChI=1S/C11H16BrNO4S2/c1-4-7(5-2)13(3)19(16,17)9-6-8(11(14)15)18-10(9)12/h6-7H,4-5H2,1-3H3,(H,14,15). The van der Waals surface area contributed by atoms with Gasteiger partial charge in [-0.3, -0.25) is 0 Å². The van der Waals surface area contributed by atoms with Crippen LogP contribution >= 0.6 is 27.3 Å². The number of halogens is 1. The van der Waals surface area contributed by atoms with Crippen molar-refractivity contribution in [3.05, 3.63) is 14.7 Å². The first-order valence-electron chi connectivity index (χ1n) is 5.76. The summed E-state index contributed by atoms with van der Waals surface area (Å²) < 4.78 is 26.5. The Kier molecular flexibility index (Phi) is 5.54. The third-order valence-corrected chi connectivity index (χ3v) is 7.13. The second-order valence-corrected chi connectivity index (χ2v) is 8.38. The molecule has 5 nitrogen and oxygen atoms in total. The van der Waals surface area contributed by atoms with Crippen molar-refractivity contribution in [1.82, 2.24) is 4.31 Å². The quantitative estimate of drug-likeness (QED) is 0.835. The van der Waals surface area contributed by atoms with Crippen LogP contribution in [-0.4, -0.2) is 36.9 Å². The van der Waals surface area contributed by atoms with Crippen LogP contribution in [0.3, 0.4) is 0 Å². The molecule has 0 amide bonds. The summed E-state index contributed by atoms with van der Waals surface area (Å²) in [5.74, 6) is -1.13. The lowest BCUT2D eigenvalue weighted by Crippen LogP contribution is -2.36. The molecule has 0 unspecified atom stereocenters. The van der Waals surface area contributed by atoms with E-state index < -0.39 is 16.0 Å². The summed E-state index contributed by atoms with van der Waals surface area (Å²) in [5, 5.41) is 8.91.